The van der Waals surface area contributed by atoms with E-state index in [1.54, 1.807) is 12.3 Å². The van der Waals surface area contributed by atoms with Gasteiger partial charge in [0, 0.05) is 0 Å². The van der Waals surface area contributed by atoms with E-state index in [-0.39, 0.29) is 29.4 Å². The van der Waals surface area contributed by atoms with Crippen molar-refractivity contribution in [3.63, 3.8) is 0 Å². The van der Waals surface area contributed by atoms with E-state index in [0.29, 0.717) is 16.4 Å². The number of amides is 1. The molecule has 9 heteroatoms. The molecule has 3 rings (SSSR count). The number of aliphatic imine (C=N–C) groups is 1. The van der Waals surface area contributed by atoms with Crippen LogP contribution in [-0.2, 0) is 4.79 Å². The van der Waals surface area contributed by atoms with Crippen molar-refractivity contribution in [2.75, 3.05) is 17.8 Å². The highest BCUT2D eigenvalue weighted by atomic mass is 32.2. The van der Waals surface area contributed by atoms with Crippen LogP contribution >= 0.6 is 11.8 Å². The molecule has 0 saturated carbocycles. The minimum absolute atomic E-state index is 0.0116. The Hall–Kier alpha value is -3.38. The molecule has 1 aromatic heterocycles. The van der Waals surface area contributed by atoms with Crippen LogP contribution in [-0.4, -0.2) is 33.8 Å². The number of nitrogens with zero attached hydrogens (tertiary/aromatic N) is 4. The molecule has 27 heavy (non-hydrogen) atoms. The van der Waals surface area contributed by atoms with Crippen LogP contribution in [0.3, 0.4) is 0 Å². The molecule has 2 heterocycles. The Labute approximate surface area is 158 Å². The molecule has 1 amide bonds. The number of nitrogens with one attached hydrogen (secondary N) is 1. The third kappa shape index (κ3) is 4.07. The van der Waals surface area contributed by atoms with Gasteiger partial charge in [0.25, 0.3) is 5.91 Å². The van der Waals surface area contributed by atoms with Crippen molar-refractivity contribution in [3.8, 4) is 6.07 Å². The van der Waals surface area contributed by atoms with Gasteiger partial charge in [0.05, 0.1) is 24.1 Å². The number of anilines is 1. The third-order valence-corrected chi connectivity index (χ3v) is 4.38. The van der Waals surface area contributed by atoms with E-state index >= 15 is 0 Å². The molecule has 0 saturated heterocycles. The second kappa shape index (κ2) is 7.88. The summed E-state index contributed by atoms with van der Waals surface area (Å²) in [7, 11) is 0. The molecule has 0 fully saturated rings. The van der Waals surface area contributed by atoms with Crippen molar-refractivity contribution in [2.24, 2.45) is 4.99 Å². The Morgan fingerprint density at radius 2 is 2.11 bits per heavy atom. The molecule has 0 bridgehead atoms. The maximum atomic E-state index is 13.0. The highest BCUT2D eigenvalue weighted by Gasteiger charge is 2.29. The van der Waals surface area contributed by atoms with E-state index in [2.05, 4.69) is 15.4 Å². The number of pyridine rings is 1. The molecule has 1 aliphatic heterocycles. The lowest BCUT2D eigenvalue weighted by Crippen LogP contribution is -2.49. The van der Waals surface area contributed by atoms with Crippen LogP contribution < -0.4 is 10.4 Å². The van der Waals surface area contributed by atoms with Crippen molar-refractivity contribution >= 4 is 34.1 Å². The van der Waals surface area contributed by atoms with Crippen molar-refractivity contribution < 1.29 is 14.3 Å². The SMILES string of the molecule is CSC(=Nc1ccc(F)cc1)C1=C(O)CN(c2ccc(C#N)nc2)NC1=O. The Morgan fingerprint density at radius 3 is 2.67 bits per heavy atom. The number of aromatic nitrogens is 1. The molecule has 136 valence electrons. The summed E-state index contributed by atoms with van der Waals surface area (Å²) in [6, 6.07) is 10.6. The molecule has 2 N–H and O–H groups in total. The van der Waals surface area contributed by atoms with E-state index in [1.807, 2.05) is 6.07 Å². The fourth-order valence-corrected chi connectivity index (χ4v) is 3.01. The molecule has 0 unspecified atom stereocenters. The molecule has 1 aromatic carbocycles. The number of halogens is 1. The summed E-state index contributed by atoms with van der Waals surface area (Å²) in [6.45, 7) is 0.0116. The third-order valence-electron chi connectivity index (χ3n) is 3.70. The fraction of sp³-hybridized carbons (Fsp3) is 0.111. The van der Waals surface area contributed by atoms with Gasteiger partial charge in [0.15, 0.2) is 0 Å². The van der Waals surface area contributed by atoms with Gasteiger partial charge in [-0.2, -0.15) is 5.26 Å². The van der Waals surface area contributed by atoms with Gasteiger partial charge in [-0.1, -0.05) is 0 Å². The summed E-state index contributed by atoms with van der Waals surface area (Å²) in [5, 5.41) is 21.0. The van der Waals surface area contributed by atoms with Gasteiger partial charge >= 0.3 is 0 Å². The number of nitriles is 1. The van der Waals surface area contributed by atoms with Crippen LogP contribution in [0.5, 0.6) is 0 Å². The minimum atomic E-state index is -0.529. The van der Waals surface area contributed by atoms with Gasteiger partial charge in [-0.25, -0.2) is 14.4 Å². The topological polar surface area (TPSA) is 102 Å². The first-order chi connectivity index (χ1) is 13.0. The van der Waals surface area contributed by atoms with E-state index in [1.165, 1.54) is 53.3 Å². The number of thioether (sulfide) groups is 1. The zero-order valence-corrected chi connectivity index (χ0v) is 15.0. The van der Waals surface area contributed by atoms with Crippen LogP contribution in [0.15, 0.2) is 58.9 Å². The number of rotatable bonds is 3. The molecular weight excluding hydrogens is 369 g/mol. The average molecular weight is 383 g/mol. The van der Waals surface area contributed by atoms with Gasteiger partial charge in [-0.15, -0.1) is 11.8 Å². The van der Waals surface area contributed by atoms with Crippen molar-refractivity contribution in [2.45, 2.75) is 0 Å². The van der Waals surface area contributed by atoms with Gasteiger partial charge in [-0.05, 0) is 42.7 Å². The number of benzene rings is 1. The van der Waals surface area contributed by atoms with Crippen LogP contribution in [0.1, 0.15) is 5.69 Å². The Balaban J connectivity index is 1.89. The Morgan fingerprint density at radius 1 is 1.37 bits per heavy atom. The maximum absolute atomic E-state index is 13.0. The molecule has 7 nitrogen and oxygen atoms in total. The van der Waals surface area contributed by atoms with Gasteiger partial charge in [0.1, 0.15) is 34.0 Å². The predicted octanol–water partition coefficient (Wildman–Crippen LogP) is 2.85. The number of hydrazine groups is 1. The van der Waals surface area contributed by atoms with Gasteiger partial charge in [0.2, 0.25) is 0 Å². The lowest BCUT2D eigenvalue weighted by Gasteiger charge is -2.30. The summed E-state index contributed by atoms with van der Waals surface area (Å²) in [5.41, 5.74) is 3.96. The number of aliphatic hydroxyl groups is 1. The maximum Gasteiger partial charge on any atom is 0.276 e. The summed E-state index contributed by atoms with van der Waals surface area (Å²) in [5.74, 6) is -1.07. The zero-order valence-electron chi connectivity index (χ0n) is 14.2. The monoisotopic (exact) mass is 383 g/mol. The molecule has 0 radical (unpaired) electrons. The van der Waals surface area contributed by atoms with E-state index < -0.39 is 5.91 Å². The zero-order chi connectivity index (χ0) is 19.4. The summed E-state index contributed by atoms with van der Waals surface area (Å²) >= 11 is 1.20. The summed E-state index contributed by atoms with van der Waals surface area (Å²) in [4.78, 5) is 20.8. The standard InChI is InChI=1S/C18H14FN5O2S/c1-27-18(22-12-4-2-11(19)3-5-12)16-15(25)10-24(23-17(16)26)14-7-6-13(8-20)21-9-14/h2-7,9,25H,10H2,1H3,(H,23,26). The molecule has 1 aliphatic rings. The van der Waals surface area contributed by atoms with Crippen LogP contribution in [0.25, 0.3) is 0 Å². The minimum Gasteiger partial charge on any atom is -0.509 e. The number of hydrogen-bond acceptors (Lipinski definition) is 7. The fourth-order valence-electron chi connectivity index (χ4n) is 2.40. The molecule has 2 aromatic rings. The Kier molecular flexibility index (Phi) is 5.38. The number of aliphatic hydroxyl groups excluding tert-OH is 1. The van der Waals surface area contributed by atoms with Crippen molar-refractivity contribution in [1.82, 2.24) is 10.4 Å². The lowest BCUT2D eigenvalue weighted by atomic mass is 10.2. The molecular formula is C18H14FN5O2S. The first-order valence-corrected chi connectivity index (χ1v) is 8.99. The summed E-state index contributed by atoms with van der Waals surface area (Å²) < 4.78 is 13.0. The first kappa shape index (κ1) is 18.4. The highest BCUT2D eigenvalue weighted by Crippen LogP contribution is 2.24. The van der Waals surface area contributed by atoms with Crippen molar-refractivity contribution in [1.29, 1.82) is 5.26 Å². The molecule has 0 spiro atoms. The smallest absolute Gasteiger partial charge is 0.276 e. The number of hydrogen-bond donors (Lipinski definition) is 2. The predicted molar refractivity (Wildman–Crippen MR) is 101 cm³/mol. The lowest BCUT2D eigenvalue weighted by molar-refractivity contribution is -0.117. The number of carbonyl (C=O) groups is 1. The van der Waals surface area contributed by atoms with E-state index in [9.17, 15) is 14.3 Å². The largest absolute Gasteiger partial charge is 0.509 e. The Bertz CT molecular complexity index is 965. The van der Waals surface area contributed by atoms with Gasteiger partial charge < -0.3 is 5.11 Å². The second-order valence-corrected chi connectivity index (χ2v) is 6.25. The highest BCUT2D eigenvalue weighted by molar-refractivity contribution is 8.14. The van der Waals surface area contributed by atoms with E-state index in [4.69, 9.17) is 5.26 Å². The van der Waals surface area contributed by atoms with Crippen LogP contribution in [0.4, 0.5) is 15.8 Å². The average Bonchev–Trinajstić information content (AvgIpc) is 2.68. The summed E-state index contributed by atoms with van der Waals surface area (Å²) in [6.07, 6.45) is 3.16. The van der Waals surface area contributed by atoms with E-state index in [0.717, 1.165) is 0 Å². The first-order valence-electron chi connectivity index (χ1n) is 7.77. The van der Waals surface area contributed by atoms with Crippen LogP contribution in [0.2, 0.25) is 0 Å². The van der Waals surface area contributed by atoms with Crippen molar-refractivity contribution in [3.05, 3.63) is 65.4 Å². The van der Waals surface area contributed by atoms with Gasteiger partial charge in [-0.3, -0.25) is 15.2 Å². The number of carbonyl (C=O) groups excluding carboxylic acids is 1. The molecule has 0 atom stereocenters. The molecule has 0 aliphatic carbocycles. The van der Waals surface area contributed by atoms with Crippen LogP contribution in [0, 0.1) is 17.1 Å². The quantitative estimate of drug-likeness (QED) is 0.624. The second-order valence-electron chi connectivity index (χ2n) is 5.46. The normalized spacial score (nSPS) is 14.8.